The lowest BCUT2D eigenvalue weighted by Gasteiger charge is -2.28. The largest absolute Gasteiger partial charge is 0.441 e. The van der Waals surface area contributed by atoms with Gasteiger partial charge in [-0.2, -0.15) is 0 Å². The van der Waals surface area contributed by atoms with E-state index in [1.165, 1.54) is 12.8 Å². The Hall–Kier alpha value is -1.85. The zero-order valence-corrected chi connectivity index (χ0v) is 15.6. The second-order valence-corrected chi connectivity index (χ2v) is 6.66. The van der Waals surface area contributed by atoms with Crippen molar-refractivity contribution in [2.24, 2.45) is 11.8 Å². The van der Waals surface area contributed by atoms with Gasteiger partial charge in [-0.25, -0.2) is 4.98 Å². The van der Waals surface area contributed by atoms with Crippen LogP contribution in [0, 0.1) is 18.8 Å². The first-order valence-electron chi connectivity index (χ1n) is 8.65. The third-order valence-corrected chi connectivity index (χ3v) is 4.72. The highest BCUT2D eigenvalue weighted by Gasteiger charge is 2.22. The van der Waals surface area contributed by atoms with E-state index in [1.807, 2.05) is 31.2 Å². The molecule has 2 N–H and O–H groups in total. The Morgan fingerprint density at radius 2 is 2.16 bits per heavy atom. The molecule has 5 nitrogen and oxygen atoms in total. The lowest BCUT2D eigenvalue weighted by molar-refractivity contribution is -0.117. The van der Waals surface area contributed by atoms with Gasteiger partial charge in [0, 0.05) is 24.6 Å². The average Bonchev–Trinajstić information content (AvgIpc) is 3.02. The molecule has 0 radical (unpaired) electrons. The van der Waals surface area contributed by atoms with Crippen molar-refractivity contribution in [2.45, 2.75) is 33.1 Å². The van der Waals surface area contributed by atoms with Crippen molar-refractivity contribution >= 4 is 24.0 Å². The van der Waals surface area contributed by atoms with Gasteiger partial charge in [0.05, 0.1) is 6.20 Å². The highest BCUT2D eigenvalue weighted by Crippen LogP contribution is 2.24. The Balaban J connectivity index is 0.00000225. The molecule has 2 heterocycles. The van der Waals surface area contributed by atoms with Gasteiger partial charge in [-0.3, -0.25) is 4.79 Å². The van der Waals surface area contributed by atoms with E-state index >= 15 is 0 Å². The Morgan fingerprint density at radius 3 is 2.76 bits per heavy atom. The first-order chi connectivity index (χ1) is 11.6. The number of nitrogens with one attached hydrogen (secondary N) is 2. The third-order valence-electron chi connectivity index (χ3n) is 4.72. The Labute approximate surface area is 155 Å². The van der Waals surface area contributed by atoms with E-state index in [0.717, 1.165) is 30.1 Å². The summed E-state index contributed by atoms with van der Waals surface area (Å²) in [5, 5.41) is 6.41. The second-order valence-electron chi connectivity index (χ2n) is 6.66. The van der Waals surface area contributed by atoms with E-state index in [-0.39, 0.29) is 18.3 Å². The van der Waals surface area contributed by atoms with E-state index < -0.39 is 0 Å². The smallest absolute Gasteiger partial charge is 0.224 e. The minimum Gasteiger partial charge on any atom is -0.441 e. The minimum atomic E-state index is 0. The second kappa shape index (κ2) is 9.02. The number of aromatic nitrogens is 1. The first-order valence-corrected chi connectivity index (χ1v) is 8.65. The molecule has 1 fully saturated rings. The Kier molecular flexibility index (Phi) is 7.02. The van der Waals surface area contributed by atoms with E-state index in [4.69, 9.17) is 4.42 Å². The molecule has 0 spiro atoms. The van der Waals surface area contributed by atoms with Gasteiger partial charge in [0.15, 0.2) is 11.7 Å². The van der Waals surface area contributed by atoms with Gasteiger partial charge < -0.3 is 15.1 Å². The molecule has 0 saturated carbocycles. The van der Waals surface area contributed by atoms with E-state index in [1.54, 1.807) is 6.20 Å². The molecule has 2 aromatic rings. The van der Waals surface area contributed by atoms with Gasteiger partial charge in [0.25, 0.3) is 0 Å². The number of oxazole rings is 1. The highest BCUT2D eigenvalue weighted by molar-refractivity contribution is 5.91. The summed E-state index contributed by atoms with van der Waals surface area (Å²) in [7, 11) is 0. The van der Waals surface area contributed by atoms with Crippen LogP contribution in [0.15, 0.2) is 34.9 Å². The van der Waals surface area contributed by atoms with E-state index in [9.17, 15) is 4.79 Å². The number of carbonyl (C=O) groups excluding carboxylic acids is 1. The number of halogens is 1. The highest BCUT2D eigenvalue weighted by atomic mass is 35.5. The molecule has 0 aliphatic carbocycles. The molecule has 1 aromatic heterocycles. The zero-order valence-electron chi connectivity index (χ0n) is 14.7. The van der Waals surface area contributed by atoms with Crippen LogP contribution >= 0.6 is 12.4 Å². The van der Waals surface area contributed by atoms with Crippen LogP contribution in [0.25, 0.3) is 11.3 Å². The van der Waals surface area contributed by atoms with Crippen LogP contribution < -0.4 is 10.6 Å². The van der Waals surface area contributed by atoms with E-state index in [0.29, 0.717) is 24.1 Å². The van der Waals surface area contributed by atoms with Gasteiger partial charge in [-0.15, -0.1) is 12.4 Å². The maximum Gasteiger partial charge on any atom is 0.224 e. The quantitative estimate of drug-likeness (QED) is 0.841. The number of nitrogens with zero attached hydrogens (tertiary/aromatic N) is 1. The van der Waals surface area contributed by atoms with Crippen molar-refractivity contribution < 1.29 is 9.21 Å². The minimum absolute atomic E-state index is 0. The predicted molar refractivity (Wildman–Crippen MR) is 102 cm³/mol. The summed E-state index contributed by atoms with van der Waals surface area (Å²) >= 11 is 0. The SMILES string of the molecule is Cc1ncc(-c2ccc(NC(=O)CC(C)C3CCCNC3)cc2)o1.Cl. The average molecular weight is 364 g/mol. The fourth-order valence-corrected chi connectivity index (χ4v) is 3.25. The molecule has 0 bridgehead atoms. The van der Waals surface area contributed by atoms with Crippen molar-refractivity contribution in [3.05, 3.63) is 36.4 Å². The molecule has 1 saturated heterocycles. The van der Waals surface area contributed by atoms with Crippen molar-refractivity contribution in [1.82, 2.24) is 10.3 Å². The zero-order chi connectivity index (χ0) is 16.9. The third kappa shape index (κ3) is 5.31. The van der Waals surface area contributed by atoms with Crippen LogP contribution in [0.5, 0.6) is 0 Å². The number of hydrogen-bond donors (Lipinski definition) is 2. The lowest BCUT2D eigenvalue weighted by atomic mass is 9.85. The Morgan fingerprint density at radius 1 is 1.40 bits per heavy atom. The maximum atomic E-state index is 12.3. The van der Waals surface area contributed by atoms with Gasteiger partial charge in [0.2, 0.25) is 5.91 Å². The van der Waals surface area contributed by atoms with Crippen molar-refractivity contribution in [2.75, 3.05) is 18.4 Å². The molecule has 1 amide bonds. The molecule has 2 atom stereocenters. The Bertz CT molecular complexity index is 678. The maximum absolute atomic E-state index is 12.3. The standard InChI is InChI=1S/C19H25N3O2.ClH/c1-13(16-4-3-9-20-11-16)10-19(23)22-17-7-5-15(6-8-17)18-12-21-14(2)24-18;/h5-8,12-13,16,20H,3-4,9-11H2,1-2H3,(H,22,23);1H. The van der Waals surface area contributed by atoms with Gasteiger partial charge in [-0.05, 0) is 62.0 Å². The molecule has 2 unspecified atom stereocenters. The van der Waals surface area contributed by atoms with Gasteiger partial charge in [0.1, 0.15) is 0 Å². The summed E-state index contributed by atoms with van der Waals surface area (Å²) in [6.45, 7) is 6.12. The lowest BCUT2D eigenvalue weighted by Crippen LogP contribution is -2.34. The summed E-state index contributed by atoms with van der Waals surface area (Å²) in [6.07, 6.45) is 4.70. The molecular formula is C19H26ClN3O2. The number of aryl methyl sites for hydroxylation is 1. The summed E-state index contributed by atoms with van der Waals surface area (Å²) in [6, 6.07) is 7.67. The number of piperidine rings is 1. The summed E-state index contributed by atoms with van der Waals surface area (Å²) in [5.74, 6) is 2.46. The van der Waals surface area contributed by atoms with Crippen LogP contribution in [0.2, 0.25) is 0 Å². The van der Waals surface area contributed by atoms with Crippen LogP contribution in [0.1, 0.15) is 32.1 Å². The number of amides is 1. The topological polar surface area (TPSA) is 67.2 Å². The van der Waals surface area contributed by atoms with Crippen LogP contribution in [-0.4, -0.2) is 24.0 Å². The summed E-state index contributed by atoms with van der Waals surface area (Å²) in [4.78, 5) is 16.4. The molecule has 136 valence electrons. The fourth-order valence-electron chi connectivity index (χ4n) is 3.25. The number of hydrogen-bond acceptors (Lipinski definition) is 4. The molecule has 6 heteroatoms. The predicted octanol–water partition coefficient (Wildman–Crippen LogP) is 4.04. The fraction of sp³-hybridized carbons (Fsp3) is 0.474. The number of carbonyl (C=O) groups is 1. The molecule has 1 aromatic carbocycles. The normalized spacial score (nSPS) is 18.2. The van der Waals surface area contributed by atoms with Gasteiger partial charge >= 0.3 is 0 Å². The number of anilines is 1. The monoisotopic (exact) mass is 363 g/mol. The summed E-state index contributed by atoms with van der Waals surface area (Å²) in [5.41, 5.74) is 1.77. The van der Waals surface area contributed by atoms with Gasteiger partial charge in [-0.1, -0.05) is 6.92 Å². The van der Waals surface area contributed by atoms with Crippen LogP contribution in [-0.2, 0) is 4.79 Å². The molecule has 1 aliphatic heterocycles. The van der Waals surface area contributed by atoms with Crippen LogP contribution in [0.3, 0.4) is 0 Å². The molecule has 1 aliphatic rings. The number of rotatable bonds is 5. The first kappa shape index (κ1) is 19.5. The summed E-state index contributed by atoms with van der Waals surface area (Å²) < 4.78 is 5.51. The molecule has 3 rings (SSSR count). The molecular weight excluding hydrogens is 338 g/mol. The van der Waals surface area contributed by atoms with Crippen molar-refractivity contribution in [3.63, 3.8) is 0 Å². The van der Waals surface area contributed by atoms with Crippen LogP contribution in [0.4, 0.5) is 5.69 Å². The van der Waals surface area contributed by atoms with Crippen molar-refractivity contribution in [3.8, 4) is 11.3 Å². The van der Waals surface area contributed by atoms with E-state index in [2.05, 4.69) is 22.5 Å². The van der Waals surface area contributed by atoms with Crippen molar-refractivity contribution in [1.29, 1.82) is 0 Å². The molecule has 25 heavy (non-hydrogen) atoms. The number of benzene rings is 1.